The molecule has 5 nitrogen and oxygen atoms in total. The average Bonchev–Trinajstić information content (AvgIpc) is 2.39. The first-order chi connectivity index (χ1) is 8.61. The number of carbonyl (C=O) groups is 1. The third-order valence-corrected chi connectivity index (χ3v) is 4.01. The topological polar surface area (TPSA) is 53.0 Å². The van der Waals surface area contributed by atoms with Crippen LogP contribution in [0.4, 0.5) is 4.79 Å². The maximum absolute atomic E-state index is 12.4. The molecule has 18 heavy (non-hydrogen) atoms. The Bertz CT molecular complexity index is 290. The minimum absolute atomic E-state index is 0.0203. The van der Waals surface area contributed by atoms with Crippen LogP contribution in [-0.4, -0.2) is 65.9 Å². The molecule has 2 aliphatic rings. The number of morpholine rings is 1. The lowest BCUT2D eigenvalue weighted by Gasteiger charge is -2.41. The van der Waals surface area contributed by atoms with Gasteiger partial charge in [0, 0.05) is 13.1 Å². The highest BCUT2D eigenvalue weighted by Gasteiger charge is 2.32. The van der Waals surface area contributed by atoms with Crippen molar-refractivity contribution >= 4 is 6.03 Å². The summed E-state index contributed by atoms with van der Waals surface area (Å²) in [5, 5.41) is 9.15. The largest absolute Gasteiger partial charge is 0.394 e. The molecule has 2 heterocycles. The van der Waals surface area contributed by atoms with E-state index in [2.05, 4.69) is 6.92 Å². The fraction of sp³-hybridized carbons (Fsp3) is 0.923. The van der Waals surface area contributed by atoms with Crippen molar-refractivity contribution < 1.29 is 14.6 Å². The van der Waals surface area contributed by atoms with Gasteiger partial charge in [-0.25, -0.2) is 4.79 Å². The number of hydrogen-bond acceptors (Lipinski definition) is 3. The molecule has 0 aliphatic carbocycles. The Hall–Kier alpha value is -0.810. The van der Waals surface area contributed by atoms with E-state index < -0.39 is 0 Å². The van der Waals surface area contributed by atoms with Crippen LogP contribution in [0.1, 0.15) is 26.7 Å². The standard InChI is InChI=1S/C13H24N2O3/c1-10-3-5-14(6-4-10)13(17)15-7-12(8-16)18-9-11(15)2/h10-12,16H,3-9H2,1-2H3. The molecule has 0 aromatic heterocycles. The Morgan fingerprint density at radius 3 is 2.61 bits per heavy atom. The SMILES string of the molecule is CC1CCN(C(=O)N2CC(CO)OCC2C)CC1. The van der Waals surface area contributed by atoms with Crippen LogP contribution in [0.25, 0.3) is 0 Å². The fourth-order valence-electron chi connectivity index (χ4n) is 2.58. The highest BCUT2D eigenvalue weighted by Crippen LogP contribution is 2.20. The Morgan fingerprint density at radius 2 is 2.00 bits per heavy atom. The second-order valence-electron chi connectivity index (χ2n) is 5.59. The molecule has 5 heteroatoms. The number of piperidine rings is 1. The molecule has 2 atom stereocenters. The molecule has 2 rings (SSSR count). The van der Waals surface area contributed by atoms with Gasteiger partial charge in [-0.1, -0.05) is 6.92 Å². The van der Waals surface area contributed by atoms with Crippen molar-refractivity contribution in [3.8, 4) is 0 Å². The molecule has 104 valence electrons. The highest BCUT2D eigenvalue weighted by molar-refractivity contribution is 5.75. The molecule has 0 bridgehead atoms. The Balaban J connectivity index is 1.94. The molecule has 2 fully saturated rings. The highest BCUT2D eigenvalue weighted by atomic mass is 16.5. The molecule has 0 saturated carbocycles. The molecule has 1 N–H and O–H groups in total. The van der Waals surface area contributed by atoms with Crippen molar-refractivity contribution in [3.05, 3.63) is 0 Å². The molecule has 2 aliphatic heterocycles. The number of rotatable bonds is 1. The van der Waals surface area contributed by atoms with E-state index in [1.54, 1.807) is 0 Å². The lowest BCUT2D eigenvalue weighted by atomic mass is 9.99. The molecular weight excluding hydrogens is 232 g/mol. The van der Waals surface area contributed by atoms with Crippen molar-refractivity contribution in [2.75, 3.05) is 32.8 Å². The number of ether oxygens (including phenoxy) is 1. The van der Waals surface area contributed by atoms with Gasteiger partial charge in [0.2, 0.25) is 0 Å². The molecule has 0 spiro atoms. The van der Waals surface area contributed by atoms with Crippen LogP contribution in [0.3, 0.4) is 0 Å². The number of hydrogen-bond donors (Lipinski definition) is 1. The predicted molar refractivity (Wildman–Crippen MR) is 68.4 cm³/mol. The second-order valence-corrected chi connectivity index (χ2v) is 5.59. The first-order valence-electron chi connectivity index (χ1n) is 6.89. The summed E-state index contributed by atoms with van der Waals surface area (Å²) in [6.07, 6.45) is 1.95. The normalized spacial score (nSPS) is 30.6. The van der Waals surface area contributed by atoms with Gasteiger partial charge in [0.15, 0.2) is 0 Å². The second kappa shape index (κ2) is 5.89. The van der Waals surface area contributed by atoms with Gasteiger partial charge in [0.25, 0.3) is 0 Å². The van der Waals surface area contributed by atoms with Crippen molar-refractivity contribution in [3.63, 3.8) is 0 Å². The van der Waals surface area contributed by atoms with Crippen molar-refractivity contribution in [1.82, 2.24) is 9.80 Å². The Labute approximate surface area is 109 Å². The van der Waals surface area contributed by atoms with E-state index in [1.165, 1.54) is 0 Å². The van der Waals surface area contributed by atoms with Crippen LogP contribution in [0, 0.1) is 5.92 Å². The van der Waals surface area contributed by atoms with Crippen LogP contribution in [-0.2, 0) is 4.74 Å². The van der Waals surface area contributed by atoms with E-state index in [1.807, 2.05) is 16.7 Å². The zero-order valence-electron chi connectivity index (χ0n) is 11.3. The molecule has 2 saturated heterocycles. The summed E-state index contributed by atoms with van der Waals surface area (Å²) in [6.45, 7) is 6.94. The van der Waals surface area contributed by atoms with Gasteiger partial charge >= 0.3 is 6.03 Å². The molecular formula is C13H24N2O3. The van der Waals surface area contributed by atoms with Crippen LogP contribution in [0.5, 0.6) is 0 Å². The van der Waals surface area contributed by atoms with Crippen molar-refractivity contribution in [2.45, 2.75) is 38.8 Å². The third kappa shape index (κ3) is 2.95. The number of likely N-dealkylation sites (tertiary alicyclic amines) is 1. The van der Waals surface area contributed by atoms with Gasteiger partial charge in [-0.05, 0) is 25.7 Å². The predicted octanol–water partition coefficient (Wildman–Crippen LogP) is 0.920. The summed E-state index contributed by atoms with van der Waals surface area (Å²) in [5.74, 6) is 0.723. The molecule has 2 amide bonds. The van der Waals surface area contributed by atoms with Gasteiger partial charge in [-0.3, -0.25) is 0 Å². The van der Waals surface area contributed by atoms with Crippen LogP contribution in [0.15, 0.2) is 0 Å². The first-order valence-corrected chi connectivity index (χ1v) is 6.89. The van der Waals surface area contributed by atoms with E-state index in [0.717, 1.165) is 31.8 Å². The van der Waals surface area contributed by atoms with Gasteiger partial charge in [0.05, 0.1) is 31.9 Å². The van der Waals surface area contributed by atoms with Crippen LogP contribution in [0.2, 0.25) is 0 Å². The number of amides is 2. The minimum Gasteiger partial charge on any atom is -0.394 e. The monoisotopic (exact) mass is 256 g/mol. The Kier molecular flexibility index (Phi) is 4.45. The maximum atomic E-state index is 12.4. The van der Waals surface area contributed by atoms with Crippen molar-refractivity contribution in [1.29, 1.82) is 0 Å². The molecule has 0 aromatic rings. The smallest absolute Gasteiger partial charge is 0.320 e. The Morgan fingerprint density at radius 1 is 1.33 bits per heavy atom. The molecule has 0 radical (unpaired) electrons. The lowest BCUT2D eigenvalue weighted by Crippen LogP contribution is -2.56. The summed E-state index contributed by atoms with van der Waals surface area (Å²) in [5.41, 5.74) is 0. The minimum atomic E-state index is -0.228. The van der Waals surface area contributed by atoms with Gasteiger partial charge < -0.3 is 19.6 Å². The van der Waals surface area contributed by atoms with Crippen LogP contribution < -0.4 is 0 Å². The van der Waals surface area contributed by atoms with Gasteiger partial charge in [0.1, 0.15) is 0 Å². The van der Waals surface area contributed by atoms with E-state index >= 15 is 0 Å². The molecule has 0 aromatic carbocycles. The first kappa shape index (κ1) is 13.6. The van der Waals surface area contributed by atoms with Gasteiger partial charge in [-0.2, -0.15) is 0 Å². The maximum Gasteiger partial charge on any atom is 0.320 e. The lowest BCUT2D eigenvalue weighted by molar-refractivity contribution is -0.0672. The van der Waals surface area contributed by atoms with E-state index in [-0.39, 0.29) is 24.8 Å². The van der Waals surface area contributed by atoms with E-state index in [4.69, 9.17) is 9.84 Å². The van der Waals surface area contributed by atoms with Crippen molar-refractivity contribution in [2.24, 2.45) is 5.92 Å². The average molecular weight is 256 g/mol. The fourth-order valence-corrected chi connectivity index (χ4v) is 2.58. The molecule has 2 unspecified atom stereocenters. The number of urea groups is 1. The van der Waals surface area contributed by atoms with Gasteiger partial charge in [-0.15, -0.1) is 0 Å². The zero-order chi connectivity index (χ0) is 13.1. The summed E-state index contributed by atoms with van der Waals surface area (Å²) in [4.78, 5) is 16.2. The van der Waals surface area contributed by atoms with E-state index in [9.17, 15) is 4.79 Å². The summed E-state index contributed by atoms with van der Waals surface area (Å²) < 4.78 is 5.46. The zero-order valence-corrected chi connectivity index (χ0v) is 11.3. The summed E-state index contributed by atoms with van der Waals surface area (Å²) >= 11 is 0. The number of nitrogens with zero attached hydrogens (tertiary/aromatic N) is 2. The quantitative estimate of drug-likeness (QED) is 0.759. The summed E-state index contributed by atoms with van der Waals surface area (Å²) in [7, 11) is 0. The van der Waals surface area contributed by atoms with E-state index in [0.29, 0.717) is 13.2 Å². The summed E-state index contributed by atoms with van der Waals surface area (Å²) in [6, 6.07) is 0.204. The number of aliphatic hydroxyl groups is 1. The number of aliphatic hydroxyl groups excluding tert-OH is 1. The third-order valence-electron chi connectivity index (χ3n) is 4.01. The van der Waals surface area contributed by atoms with Crippen LogP contribution >= 0.6 is 0 Å². The number of carbonyl (C=O) groups excluding carboxylic acids is 1.